The zero-order valence-corrected chi connectivity index (χ0v) is 23.4. The highest BCUT2D eigenvalue weighted by Gasteiger charge is 2.48. The van der Waals surface area contributed by atoms with Gasteiger partial charge in [-0.3, -0.25) is 14.4 Å². The molecular weight excluding hydrogens is 529 g/mol. The Bertz CT molecular complexity index is 1300. The lowest BCUT2D eigenvalue weighted by atomic mass is 9.85. The summed E-state index contributed by atoms with van der Waals surface area (Å²) in [5.74, 6) is -2.77. The fraction of sp³-hybridized carbons (Fsp3) is 0.429. The first-order valence-electron chi connectivity index (χ1n) is 12.5. The molecule has 1 aliphatic heterocycles. The molecule has 0 spiro atoms. The molecule has 2 aromatic rings. The summed E-state index contributed by atoms with van der Waals surface area (Å²) in [5, 5.41) is 5.22. The maximum atomic E-state index is 13.7. The number of nitrogens with two attached hydrogens (primary N) is 1. The third-order valence-corrected chi connectivity index (χ3v) is 6.75. The van der Waals surface area contributed by atoms with Crippen molar-refractivity contribution in [2.24, 2.45) is 11.7 Å². The Balaban J connectivity index is 2.05. The Morgan fingerprint density at radius 3 is 2.28 bits per heavy atom. The van der Waals surface area contributed by atoms with Crippen molar-refractivity contribution in [3.05, 3.63) is 63.9 Å². The second-order valence-electron chi connectivity index (χ2n) is 10.5. The lowest BCUT2D eigenvalue weighted by Gasteiger charge is -2.44. The average molecular weight is 562 g/mol. The average Bonchev–Trinajstić information content (AvgIpc) is 2.84. The number of ether oxygens (including phenoxy) is 2. The fourth-order valence-corrected chi connectivity index (χ4v) is 4.40. The number of carbonyl (C=O) groups excluding carboxylic acids is 4. The van der Waals surface area contributed by atoms with Gasteiger partial charge < -0.3 is 25.8 Å². The van der Waals surface area contributed by atoms with E-state index in [0.29, 0.717) is 16.9 Å². The monoisotopic (exact) mass is 561 g/mol. The van der Waals surface area contributed by atoms with Crippen LogP contribution >= 0.6 is 11.6 Å². The van der Waals surface area contributed by atoms with Gasteiger partial charge in [-0.1, -0.05) is 25.4 Å². The zero-order chi connectivity index (χ0) is 29.2. The van der Waals surface area contributed by atoms with Crippen LogP contribution in [-0.2, 0) is 14.3 Å². The van der Waals surface area contributed by atoms with E-state index in [1.165, 1.54) is 26.0 Å². The Labute approximate surface area is 231 Å². The predicted octanol–water partition coefficient (Wildman–Crippen LogP) is 3.72. The molecule has 4 atom stereocenters. The van der Waals surface area contributed by atoms with E-state index in [2.05, 4.69) is 10.6 Å². The molecule has 9 nitrogen and oxygen atoms in total. The number of amides is 2. The van der Waals surface area contributed by atoms with Crippen LogP contribution in [-0.4, -0.2) is 47.4 Å². The van der Waals surface area contributed by atoms with Crippen molar-refractivity contribution >= 4 is 35.2 Å². The van der Waals surface area contributed by atoms with Gasteiger partial charge in [0.05, 0.1) is 17.1 Å². The first-order valence-corrected chi connectivity index (χ1v) is 12.9. The van der Waals surface area contributed by atoms with Gasteiger partial charge in [-0.2, -0.15) is 0 Å². The SMILES string of the molecule is CC(=O)c1ccc2c(c1)[C@H](NC(=O)c1ccc(F)c(Cl)c1)[C@H](OC(=O)[C@@H](NC(=O)[C@H](C)N)C(C)C)C(C)(C)O2. The standard InChI is InChI=1S/C28H33ClFN3O6/c1-13(2)22(32-25(35)14(3)31)27(37)38-24-23(33-26(36)17-7-9-20(30)19(29)12-17)18-11-16(15(4)34)8-10-21(18)39-28(24,5)6/h7-14,22-24H,31H2,1-6H3,(H,32,35)(H,33,36)/t14-,22-,23-,24-/m0/s1. The van der Waals surface area contributed by atoms with Crippen LogP contribution in [0, 0.1) is 11.7 Å². The van der Waals surface area contributed by atoms with Gasteiger partial charge in [0, 0.05) is 16.7 Å². The summed E-state index contributed by atoms with van der Waals surface area (Å²) in [6, 6.07) is 5.43. The van der Waals surface area contributed by atoms with Crippen LogP contribution in [0.4, 0.5) is 4.39 Å². The summed E-state index contributed by atoms with van der Waals surface area (Å²) in [7, 11) is 0. The molecular formula is C28H33ClFN3O6. The highest BCUT2D eigenvalue weighted by atomic mass is 35.5. The molecule has 2 aromatic carbocycles. The maximum Gasteiger partial charge on any atom is 0.329 e. The van der Waals surface area contributed by atoms with Crippen molar-refractivity contribution in [2.75, 3.05) is 0 Å². The quantitative estimate of drug-likeness (QED) is 0.330. The minimum Gasteiger partial charge on any atom is -0.484 e. The number of halogens is 2. The van der Waals surface area contributed by atoms with Gasteiger partial charge in [-0.05, 0) is 70.0 Å². The van der Waals surface area contributed by atoms with Gasteiger partial charge in [-0.25, -0.2) is 9.18 Å². The molecule has 0 fully saturated rings. The molecule has 0 unspecified atom stereocenters. The molecule has 0 aliphatic carbocycles. The lowest BCUT2D eigenvalue weighted by Crippen LogP contribution is -2.58. The smallest absolute Gasteiger partial charge is 0.329 e. The van der Waals surface area contributed by atoms with Crippen LogP contribution in [0.2, 0.25) is 5.02 Å². The van der Waals surface area contributed by atoms with E-state index in [-0.39, 0.29) is 22.3 Å². The van der Waals surface area contributed by atoms with E-state index in [4.69, 9.17) is 26.8 Å². The normalized spacial score (nSPS) is 19.2. The second-order valence-corrected chi connectivity index (χ2v) is 10.9. The van der Waals surface area contributed by atoms with E-state index in [1.54, 1.807) is 45.9 Å². The second kappa shape index (κ2) is 11.7. The molecule has 1 heterocycles. The van der Waals surface area contributed by atoms with Gasteiger partial charge in [-0.15, -0.1) is 0 Å². The van der Waals surface area contributed by atoms with Crippen molar-refractivity contribution in [3.63, 3.8) is 0 Å². The molecule has 210 valence electrons. The number of hydrogen-bond donors (Lipinski definition) is 3. The zero-order valence-electron chi connectivity index (χ0n) is 22.6. The number of carbonyl (C=O) groups is 4. The van der Waals surface area contributed by atoms with Crippen LogP contribution in [0.1, 0.15) is 73.9 Å². The van der Waals surface area contributed by atoms with Crippen LogP contribution in [0.3, 0.4) is 0 Å². The Hall–Kier alpha value is -3.50. The minimum absolute atomic E-state index is 0.0734. The van der Waals surface area contributed by atoms with Gasteiger partial charge in [0.25, 0.3) is 5.91 Å². The topological polar surface area (TPSA) is 137 Å². The molecule has 1 aliphatic rings. The highest BCUT2D eigenvalue weighted by Crippen LogP contribution is 2.42. The predicted molar refractivity (Wildman–Crippen MR) is 143 cm³/mol. The van der Waals surface area contributed by atoms with E-state index in [1.807, 2.05) is 0 Å². The van der Waals surface area contributed by atoms with E-state index in [0.717, 1.165) is 6.07 Å². The number of benzene rings is 2. The number of esters is 1. The van der Waals surface area contributed by atoms with E-state index < -0.39 is 53.4 Å². The summed E-state index contributed by atoms with van der Waals surface area (Å²) in [6.07, 6.45) is -1.10. The van der Waals surface area contributed by atoms with Crippen molar-refractivity contribution in [1.82, 2.24) is 10.6 Å². The van der Waals surface area contributed by atoms with Crippen molar-refractivity contribution in [2.45, 2.75) is 71.4 Å². The van der Waals surface area contributed by atoms with Crippen LogP contribution in [0.15, 0.2) is 36.4 Å². The van der Waals surface area contributed by atoms with Gasteiger partial charge >= 0.3 is 5.97 Å². The number of fused-ring (bicyclic) bond motifs is 1. The minimum atomic E-state index is -1.16. The fourth-order valence-electron chi connectivity index (χ4n) is 4.22. The lowest BCUT2D eigenvalue weighted by molar-refractivity contribution is -0.169. The number of hydrogen-bond acceptors (Lipinski definition) is 7. The molecule has 4 N–H and O–H groups in total. The molecule has 2 amide bonds. The first-order chi connectivity index (χ1) is 18.1. The molecule has 0 aromatic heterocycles. The molecule has 11 heteroatoms. The maximum absolute atomic E-state index is 13.7. The summed E-state index contributed by atoms with van der Waals surface area (Å²) in [5.41, 5.74) is 5.34. The molecule has 39 heavy (non-hydrogen) atoms. The third kappa shape index (κ3) is 6.75. The number of Topliss-reactive ketones (excluding diaryl/α,β-unsaturated/α-hetero) is 1. The molecule has 0 saturated heterocycles. The largest absolute Gasteiger partial charge is 0.484 e. The van der Waals surface area contributed by atoms with Gasteiger partial charge in [0.15, 0.2) is 11.9 Å². The summed E-state index contributed by atoms with van der Waals surface area (Å²) in [6.45, 7) is 9.74. The van der Waals surface area contributed by atoms with E-state index in [9.17, 15) is 23.6 Å². The number of nitrogens with one attached hydrogen (secondary N) is 2. The highest BCUT2D eigenvalue weighted by molar-refractivity contribution is 6.31. The first kappa shape index (κ1) is 30.0. The summed E-state index contributed by atoms with van der Waals surface area (Å²) >= 11 is 5.88. The Morgan fingerprint density at radius 2 is 1.72 bits per heavy atom. The molecule has 0 radical (unpaired) electrons. The van der Waals surface area contributed by atoms with Crippen molar-refractivity contribution < 1.29 is 33.0 Å². The van der Waals surface area contributed by atoms with E-state index >= 15 is 0 Å². The van der Waals surface area contributed by atoms with Crippen LogP contribution < -0.4 is 21.1 Å². The van der Waals surface area contributed by atoms with Crippen molar-refractivity contribution in [1.29, 1.82) is 0 Å². The number of ketones is 1. The van der Waals surface area contributed by atoms with Crippen LogP contribution in [0.25, 0.3) is 0 Å². The van der Waals surface area contributed by atoms with Gasteiger partial charge in [0.1, 0.15) is 23.2 Å². The number of rotatable bonds is 8. The Kier molecular flexibility index (Phi) is 9.02. The molecule has 0 saturated carbocycles. The van der Waals surface area contributed by atoms with Crippen molar-refractivity contribution in [3.8, 4) is 5.75 Å². The third-order valence-electron chi connectivity index (χ3n) is 6.46. The molecule has 3 rings (SSSR count). The van der Waals surface area contributed by atoms with Crippen LogP contribution in [0.5, 0.6) is 5.75 Å². The molecule has 0 bridgehead atoms. The Morgan fingerprint density at radius 1 is 1.08 bits per heavy atom. The summed E-state index contributed by atoms with van der Waals surface area (Å²) < 4.78 is 25.8. The summed E-state index contributed by atoms with van der Waals surface area (Å²) in [4.78, 5) is 51.1. The van der Waals surface area contributed by atoms with Gasteiger partial charge in [0.2, 0.25) is 5.91 Å².